The van der Waals surface area contributed by atoms with Crippen molar-refractivity contribution in [1.29, 1.82) is 0 Å². The van der Waals surface area contributed by atoms with Gasteiger partial charge in [-0.15, -0.1) is 23.5 Å². The van der Waals surface area contributed by atoms with E-state index in [1.165, 1.54) is 23.5 Å². The minimum absolute atomic E-state index is 0.174. The minimum Gasteiger partial charge on any atom is -0.491 e. The van der Waals surface area contributed by atoms with Crippen LogP contribution in [0.3, 0.4) is 0 Å². The van der Waals surface area contributed by atoms with Gasteiger partial charge in [0.1, 0.15) is 24.7 Å². The van der Waals surface area contributed by atoms with Crippen molar-refractivity contribution in [3.63, 3.8) is 0 Å². The molecular formula is C39H42F6O6S2. The van der Waals surface area contributed by atoms with E-state index in [0.29, 0.717) is 72.1 Å². The zero-order chi connectivity index (χ0) is 38.4. The summed E-state index contributed by atoms with van der Waals surface area (Å²) >= 11 is 2.48. The van der Waals surface area contributed by atoms with Gasteiger partial charge < -0.3 is 28.4 Å². The van der Waals surface area contributed by atoms with E-state index in [1.807, 2.05) is 0 Å². The maximum Gasteiger partial charge on any atom is 0.380 e. The second kappa shape index (κ2) is 15.0. The lowest BCUT2D eigenvalue weighted by Gasteiger charge is -2.48. The van der Waals surface area contributed by atoms with Crippen LogP contribution in [0.5, 0.6) is 11.5 Å². The molecule has 0 radical (unpaired) electrons. The van der Waals surface area contributed by atoms with Gasteiger partial charge in [-0.2, -0.15) is 26.3 Å². The van der Waals surface area contributed by atoms with Crippen LogP contribution >= 0.6 is 23.5 Å². The molecule has 2 aliphatic carbocycles. The molecule has 0 bridgehead atoms. The summed E-state index contributed by atoms with van der Waals surface area (Å²) in [5.74, 6) is -14.8. The molecule has 0 saturated heterocycles. The SMILES string of the molecule is COCCOCCOc1ccc(C2=C(C)C3=C4C(=C5C(C)=C(c6ccc(OCCOCCOC)cc6)S[C@]5(C)[C@@]3(C)S2)C(F)(F)C(F)(F)C4(F)F)cc1. The molecule has 1 saturated carbocycles. The molecule has 2 aromatic rings. The highest BCUT2D eigenvalue weighted by Gasteiger charge is 2.84. The lowest BCUT2D eigenvalue weighted by molar-refractivity contribution is -0.258. The van der Waals surface area contributed by atoms with Gasteiger partial charge in [0.05, 0.1) is 49.1 Å². The van der Waals surface area contributed by atoms with Crippen LogP contribution in [0.25, 0.3) is 9.81 Å². The van der Waals surface area contributed by atoms with Gasteiger partial charge in [-0.3, -0.25) is 0 Å². The number of hydrogen-bond acceptors (Lipinski definition) is 8. The Bertz CT molecular complexity index is 1710. The summed E-state index contributed by atoms with van der Waals surface area (Å²) in [5.41, 5.74) is -1.12. The first kappa shape index (κ1) is 39.8. The maximum absolute atomic E-state index is 16.1. The third kappa shape index (κ3) is 6.44. The number of alkyl halides is 6. The normalized spacial score (nSPS) is 25.3. The molecule has 288 valence electrons. The zero-order valence-corrected chi connectivity index (χ0v) is 31.9. The van der Waals surface area contributed by atoms with Crippen molar-refractivity contribution in [2.45, 2.75) is 55.0 Å². The second-order valence-electron chi connectivity index (χ2n) is 13.4. The van der Waals surface area contributed by atoms with Crippen molar-refractivity contribution >= 4 is 33.3 Å². The number of allylic oxidation sites excluding steroid dienone is 4. The molecule has 0 unspecified atom stereocenters. The van der Waals surface area contributed by atoms with Gasteiger partial charge >= 0.3 is 17.8 Å². The van der Waals surface area contributed by atoms with Crippen molar-refractivity contribution in [2.75, 3.05) is 67.1 Å². The number of thioether (sulfide) groups is 2. The van der Waals surface area contributed by atoms with Gasteiger partial charge in [0.25, 0.3) is 0 Å². The van der Waals surface area contributed by atoms with E-state index in [0.717, 1.165) is 0 Å². The molecule has 2 heterocycles. The lowest BCUT2D eigenvalue weighted by atomic mass is 9.68. The van der Waals surface area contributed by atoms with Crippen molar-refractivity contribution in [2.24, 2.45) is 0 Å². The highest BCUT2D eigenvalue weighted by Crippen LogP contribution is 2.77. The fraction of sp³-hybridized carbons (Fsp3) is 0.487. The van der Waals surface area contributed by atoms with Crippen LogP contribution in [-0.2, 0) is 18.9 Å². The zero-order valence-electron chi connectivity index (χ0n) is 30.3. The summed E-state index contributed by atoms with van der Waals surface area (Å²) in [6.45, 7) is 9.54. The average molecular weight is 785 g/mol. The molecule has 1 fully saturated rings. The fourth-order valence-electron chi connectivity index (χ4n) is 7.40. The van der Waals surface area contributed by atoms with E-state index in [1.54, 1.807) is 90.4 Å². The van der Waals surface area contributed by atoms with Crippen molar-refractivity contribution in [3.05, 3.63) is 93.1 Å². The minimum atomic E-state index is -5.64. The van der Waals surface area contributed by atoms with Gasteiger partial charge in [-0.25, -0.2) is 0 Å². The number of hydrogen-bond donors (Lipinski definition) is 0. The van der Waals surface area contributed by atoms with Crippen LogP contribution in [-0.4, -0.2) is 94.3 Å². The first-order valence-corrected chi connectivity index (χ1v) is 18.8. The van der Waals surface area contributed by atoms with Gasteiger partial charge in [-0.1, -0.05) is 24.3 Å². The topological polar surface area (TPSA) is 55.4 Å². The van der Waals surface area contributed by atoms with E-state index in [2.05, 4.69) is 0 Å². The first-order chi connectivity index (χ1) is 25.1. The van der Waals surface area contributed by atoms with Crippen LogP contribution in [0, 0.1) is 0 Å². The van der Waals surface area contributed by atoms with E-state index < -0.39 is 38.4 Å². The summed E-state index contributed by atoms with van der Waals surface area (Å²) in [6, 6.07) is 13.9. The third-order valence-electron chi connectivity index (χ3n) is 10.2. The van der Waals surface area contributed by atoms with E-state index in [-0.39, 0.29) is 35.5 Å². The molecule has 4 aliphatic rings. The molecule has 6 rings (SSSR count). The summed E-state index contributed by atoms with van der Waals surface area (Å²) in [6.07, 6.45) is 0. The van der Waals surface area contributed by atoms with Crippen LogP contribution in [0.4, 0.5) is 26.3 Å². The molecule has 2 aromatic carbocycles. The second-order valence-corrected chi connectivity index (χ2v) is 16.2. The van der Waals surface area contributed by atoms with Gasteiger partial charge in [0, 0.05) is 35.2 Å². The monoisotopic (exact) mass is 784 g/mol. The molecule has 0 spiro atoms. The van der Waals surface area contributed by atoms with Crippen molar-refractivity contribution < 1.29 is 54.8 Å². The standard InChI is InChI=1S/C39H42F6O6S2/c1-23-29-31-32(38(42,43)39(44,45)37(31,40)41)30-24(2)34(26-9-13-28(14-10-26)51-22-20-49-18-16-47-6)53-36(30,4)35(29,3)52-33(23)25-7-11-27(12-8-25)50-21-19-48-17-15-46-5/h7-14H,15-22H2,1-6H3/t35-,36-/m0/s1. The Morgan fingerprint density at radius 3 is 1.17 bits per heavy atom. The number of halogens is 6. The van der Waals surface area contributed by atoms with Crippen LogP contribution in [0.15, 0.2) is 82.0 Å². The maximum atomic E-state index is 16.1. The Kier molecular flexibility index (Phi) is 11.3. The molecule has 14 heteroatoms. The number of rotatable bonds is 16. The average Bonchev–Trinajstić information content (AvgIpc) is 3.60. The predicted octanol–water partition coefficient (Wildman–Crippen LogP) is 9.47. The Morgan fingerprint density at radius 1 is 0.491 bits per heavy atom. The molecule has 6 nitrogen and oxygen atoms in total. The van der Waals surface area contributed by atoms with Gasteiger partial charge in [0.15, 0.2) is 0 Å². The van der Waals surface area contributed by atoms with E-state index in [4.69, 9.17) is 28.4 Å². The Balaban J connectivity index is 1.36. The molecule has 2 atom stereocenters. The molecular weight excluding hydrogens is 743 g/mol. The summed E-state index contributed by atoms with van der Waals surface area (Å²) in [5, 5.41) is 0. The Morgan fingerprint density at radius 2 is 0.830 bits per heavy atom. The molecule has 0 aromatic heterocycles. The molecule has 0 N–H and O–H groups in total. The van der Waals surface area contributed by atoms with Gasteiger partial charge in [-0.05, 0) is 85.4 Å². The molecule has 2 aliphatic heterocycles. The molecule has 0 amide bonds. The highest BCUT2D eigenvalue weighted by molar-refractivity contribution is 8.14. The van der Waals surface area contributed by atoms with Crippen LogP contribution in [0.2, 0.25) is 0 Å². The Labute approximate surface area is 313 Å². The number of methoxy groups -OCH3 is 2. The number of fused-ring (bicyclic) bond motifs is 4. The van der Waals surface area contributed by atoms with E-state index in [9.17, 15) is 0 Å². The van der Waals surface area contributed by atoms with Crippen LogP contribution < -0.4 is 9.47 Å². The van der Waals surface area contributed by atoms with Crippen molar-refractivity contribution in [3.8, 4) is 11.5 Å². The fourth-order valence-corrected chi connectivity index (χ4v) is 10.8. The largest absolute Gasteiger partial charge is 0.491 e. The highest BCUT2D eigenvalue weighted by atomic mass is 32.2. The first-order valence-electron chi connectivity index (χ1n) is 17.1. The quantitative estimate of drug-likeness (QED) is 0.123. The molecule has 53 heavy (non-hydrogen) atoms. The van der Waals surface area contributed by atoms with Crippen molar-refractivity contribution in [1.82, 2.24) is 0 Å². The van der Waals surface area contributed by atoms with Gasteiger partial charge in [0.2, 0.25) is 0 Å². The number of benzene rings is 2. The summed E-state index contributed by atoms with van der Waals surface area (Å²) in [7, 11) is 3.16. The Hall–Kier alpha value is -2.88. The summed E-state index contributed by atoms with van der Waals surface area (Å²) in [4.78, 5) is 1.08. The lowest BCUT2D eigenvalue weighted by Crippen LogP contribution is -2.49. The smallest absolute Gasteiger partial charge is 0.380 e. The number of ether oxygens (including phenoxy) is 6. The summed E-state index contributed by atoms with van der Waals surface area (Å²) < 4.78 is 125. The van der Waals surface area contributed by atoms with E-state index >= 15 is 26.3 Å². The predicted molar refractivity (Wildman–Crippen MR) is 195 cm³/mol. The third-order valence-corrected chi connectivity index (χ3v) is 13.8. The van der Waals surface area contributed by atoms with Crippen LogP contribution in [0.1, 0.15) is 38.8 Å².